The zero-order valence-electron chi connectivity index (χ0n) is 12.7. The molecule has 1 saturated heterocycles. The van der Waals surface area contributed by atoms with Gasteiger partial charge < -0.3 is 4.74 Å². The largest absolute Gasteiger partial charge is 0.425 e. The fourth-order valence-corrected chi connectivity index (χ4v) is 3.36. The van der Waals surface area contributed by atoms with Crippen molar-refractivity contribution in [1.82, 2.24) is 4.90 Å². The van der Waals surface area contributed by atoms with Crippen LogP contribution >= 0.6 is 23.2 Å². The maximum atomic E-state index is 12.3. The predicted octanol–water partition coefficient (Wildman–Crippen LogP) is 3.24. The number of nitrogens with zero attached hydrogens (tertiary/aromatic N) is 1. The lowest BCUT2D eigenvalue weighted by Gasteiger charge is -2.14. The molecule has 5 nitrogen and oxygen atoms in total. The van der Waals surface area contributed by atoms with Crippen LogP contribution in [0.5, 0.6) is 5.75 Å². The molecule has 1 aliphatic carbocycles. The van der Waals surface area contributed by atoms with E-state index in [9.17, 15) is 14.4 Å². The molecule has 0 bridgehead atoms. The maximum absolute atomic E-state index is 12.3. The van der Waals surface area contributed by atoms with Gasteiger partial charge in [0.2, 0.25) is 11.8 Å². The molecule has 0 saturated carbocycles. The third-order valence-electron chi connectivity index (χ3n) is 4.28. The van der Waals surface area contributed by atoms with Gasteiger partial charge in [0.05, 0.1) is 23.3 Å². The number of ether oxygens (including phenoxy) is 1. The number of likely N-dealkylation sites (tertiary alicyclic amines) is 1. The predicted molar refractivity (Wildman–Crippen MR) is 88.8 cm³/mol. The van der Waals surface area contributed by atoms with E-state index in [1.54, 1.807) is 12.1 Å². The van der Waals surface area contributed by atoms with Crippen LogP contribution in [-0.4, -0.2) is 29.2 Å². The van der Waals surface area contributed by atoms with Gasteiger partial charge >= 0.3 is 5.97 Å². The highest BCUT2D eigenvalue weighted by Crippen LogP contribution is 2.35. The van der Waals surface area contributed by atoms with E-state index in [1.165, 1.54) is 11.0 Å². The topological polar surface area (TPSA) is 63.7 Å². The van der Waals surface area contributed by atoms with E-state index < -0.39 is 5.97 Å². The standard InChI is InChI=1S/C17H15Cl2NO4/c18-12-6-3-7-13(15(12)19)24-14(21)8-9-20-16(22)10-4-1-2-5-11(10)17(20)23/h1-3,6-7,10-11H,4-5,8-9H2/t10-,11-/m0/s1. The van der Waals surface area contributed by atoms with Gasteiger partial charge in [-0.1, -0.05) is 41.4 Å². The molecule has 24 heavy (non-hydrogen) atoms. The summed E-state index contributed by atoms with van der Waals surface area (Å²) in [6, 6.07) is 4.72. The molecule has 2 amide bonds. The second-order valence-corrected chi connectivity index (χ2v) is 6.55. The van der Waals surface area contributed by atoms with E-state index in [0.717, 1.165) is 0 Å². The van der Waals surface area contributed by atoms with Crippen molar-refractivity contribution in [2.24, 2.45) is 11.8 Å². The van der Waals surface area contributed by atoms with Crippen molar-refractivity contribution in [1.29, 1.82) is 0 Å². The molecule has 0 N–H and O–H groups in total. The van der Waals surface area contributed by atoms with Crippen molar-refractivity contribution in [2.75, 3.05) is 6.54 Å². The quantitative estimate of drug-likeness (QED) is 0.354. The highest BCUT2D eigenvalue weighted by atomic mass is 35.5. The summed E-state index contributed by atoms with van der Waals surface area (Å²) in [6.07, 6.45) is 4.91. The van der Waals surface area contributed by atoms with Crippen LogP contribution in [-0.2, 0) is 14.4 Å². The Morgan fingerprint density at radius 3 is 2.38 bits per heavy atom. The minimum Gasteiger partial charge on any atom is -0.425 e. The third-order valence-corrected chi connectivity index (χ3v) is 5.08. The second-order valence-electron chi connectivity index (χ2n) is 5.76. The number of benzene rings is 1. The molecule has 1 aromatic rings. The highest BCUT2D eigenvalue weighted by Gasteiger charge is 2.46. The highest BCUT2D eigenvalue weighted by molar-refractivity contribution is 6.43. The molecule has 0 spiro atoms. The molecule has 1 aromatic carbocycles. The van der Waals surface area contributed by atoms with Crippen LogP contribution in [0.25, 0.3) is 0 Å². The molecule has 1 heterocycles. The Labute approximate surface area is 149 Å². The van der Waals surface area contributed by atoms with E-state index in [4.69, 9.17) is 27.9 Å². The molecule has 3 rings (SSSR count). The number of imide groups is 1. The van der Waals surface area contributed by atoms with Gasteiger partial charge in [0.15, 0.2) is 5.75 Å². The molecule has 126 valence electrons. The van der Waals surface area contributed by atoms with Gasteiger partial charge in [0.25, 0.3) is 0 Å². The van der Waals surface area contributed by atoms with E-state index in [1.807, 2.05) is 12.2 Å². The van der Waals surface area contributed by atoms with Crippen LogP contribution in [0.1, 0.15) is 19.3 Å². The van der Waals surface area contributed by atoms with E-state index >= 15 is 0 Å². The third kappa shape index (κ3) is 3.19. The van der Waals surface area contributed by atoms with Crippen molar-refractivity contribution < 1.29 is 19.1 Å². The number of amides is 2. The second kappa shape index (κ2) is 6.95. The van der Waals surface area contributed by atoms with Crippen LogP contribution in [0.3, 0.4) is 0 Å². The van der Waals surface area contributed by atoms with Gasteiger partial charge in [0, 0.05) is 6.54 Å². The lowest BCUT2D eigenvalue weighted by Crippen LogP contribution is -2.33. The number of esters is 1. The number of hydrogen-bond donors (Lipinski definition) is 0. The monoisotopic (exact) mass is 367 g/mol. The minimum atomic E-state index is -0.576. The van der Waals surface area contributed by atoms with Crippen molar-refractivity contribution in [3.05, 3.63) is 40.4 Å². The smallest absolute Gasteiger partial charge is 0.313 e. The fraction of sp³-hybridized carbons (Fsp3) is 0.353. The summed E-state index contributed by atoms with van der Waals surface area (Å²) in [5, 5.41) is 0.432. The molecule has 7 heteroatoms. The number of rotatable bonds is 4. The summed E-state index contributed by atoms with van der Waals surface area (Å²) in [7, 11) is 0. The summed E-state index contributed by atoms with van der Waals surface area (Å²) in [4.78, 5) is 37.7. The summed E-state index contributed by atoms with van der Waals surface area (Å²) in [6.45, 7) is 0.0156. The average Bonchev–Trinajstić information content (AvgIpc) is 2.82. The van der Waals surface area contributed by atoms with E-state index in [-0.39, 0.29) is 52.4 Å². The molecule has 0 unspecified atom stereocenters. The van der Waals surface area contributed by atoms with Crippen LogP contribution in [0.15, 0.2) is 30.4 Å². The van der Waals surface area contributed by atoms with Crippen LogP contribution in [0, 0.1) is 11.8 Å². The van der Waals surface area contributed by atoms with Gasteiger partial charge in [-0.2, -0.15) is 0 Å². The summed E-state index contributed by atoms with van der Waals surface area (Å²) >= 11 is 11.8. The summed E-state index contributed by atoms with van der Waals surface area (Å²) < 4.78 is 5.16. The number of halogens is 2. The number of carbonyl (C=O) groups excluding carboxylic acids is 3. The van der Waals surface area contributed by atoms with Crippen molar-refractivity contribution in [2.45, 2.75) is 19.3 Å². The minimum absolute atomic E-state index is 0.0156. The van der Waals surface area contributed by atoms with Gasteiger partial charge in [-0.15, -0.1) is 0 Å². The molecule has 0 radical (unpaired) electrons. The molecule has 0 aromatic heterocycles. The first kappa shape index (κ1) is 17.0. The van der Waals surface area contributed by atoms with Crippen molar-refractivity contribution in [3.8, 4) is 5.75 Å². The van der Waals surface area contributed by atoms with Gasteiger partial charge in [0.1, 0.15) is 5.02 Å². The maximum Gasteiger partial charge on any atom is 0.313 e. The number of hydrogen-bond acceptors (Lipinski definition) is 4. The van der Waals surface area contributed by atoms with E-state index in [2.05, 4.69) is 0 Å². The summed E-state index contributed by atoms with van der Waals surface area (Å²) in [5.74, 6) is -1.41. The van der Waals surface area contributed by atoms with Crippen molar-refractivity contribution >= 4 is 41.0 Å². The van der Waals surface area contributed by atoms with Gasteiger partial charge in [-0.25, -0.2) is 0 Å². The Hall–Kier alpha value is -1.85. The van der Waals surface area contributed by atoms with Crippen molar-refractivity contribution in [3.63, 3.8) is 0 Å². The first-order valence-electron chi connectivity index (χ1n) is 7.64. The fourth-order valence-electron chi connectivity index (χ4n) is 3.03. The first-order chi connectivity index (χ1) is 11.5. The Morgan fingerprint density at radius 1 is 1.12 bits per heavy atom. The van der Waals surface area contributed by atoms with Gasteiger partial charge in [-0.3, -0.25) is 19.3 Å². The molecule has 1 fully saturated rings. The SMILES string of the molecule is O=C(CCN1C(=O)[C@H]2CC=CC[C@@H]2C1=O)Oc1cccc(Cl)c1Cl. The molecule has 2 atom stereocenters. The summed E-state index contributed by atoms with van der Waals surface area (Å²) in [5.41, 5.74) is 0. The van der Waals surface area contributed by atoms with E-state index in [0.29, 0.717) is 12.8 Å². The Balaban J connectivity index is 1.59. The number of carbonyl (C=O) groups is 3. The Kier molecular flexibility index (Phi) is 4.92. The molecule has 1 aliphatic heterocycles. The number of allylic oxidation sites excluding steroid dienone is 2. The molecular weight excluding hydrogens is 353 g/mol. The average molecular weight is 368 g/mol. The molecular formula is C17H15Cl2NO4. The Bertz CT molecular complexity index is 705. The lowest BCUT2D eigenvalue weighted by molar-refractivity contribution is -0.141. The zero-order chi connectivity index (χ0) is 17.3. The van der Waals surface area contributed by atoms with Crippen LogP contribution in [0.2, 0.25) is 10.0 Å². The van der Waals surface area contributed by atoms with Crippen LogP contribution < -0.4 is 4.74 Å². The normalized spacial score (nSPS) is 22.7. The number of fused-ring (bicyclic) bond motifs is 1. The first-order valence-corrected chi connectivity index (χ1v) is 8.39. The zero-order valence-corrected chi connectivity index (χ0v) is 14.2. The van der Waals surface area contributed by atoms with Crippen LogP contribution in [0.4, 0.5) is 0 Å². The Morgan fingerprint density at radius 2 is 1.75 bits per heavy atom. The molecule has 2 aliphatic rings. The van der Waals surface area contributed by atoms with Gasteiger partial charge in [-0.05, 0) is 25.0 Å². The lowest BCUT2D eigenvalue weighted by atomic mass is 9.85.